The highest BCUT2D eigenvalue weighted by atomic mass is 16.5. The number of aliphatic hydroxyl groups excluding tert-OH is 1. The van der Waals surface area contributed by atoms with Gasteiger partial charge in [-0.15, -0.1) is 0 Å². The number of hydrogen-bond acceptors (Lipinski definition) is 2. The predicted molar refractivity (Wildman–Crippen MR) is 84.6 cm³/mol. The van der Waals surface area contributed by atoms with E-state index in [1.54, 1.807) is 0 Å². The van der Waals surface area contributed by atoms with Crippen molar-refractivity contribution >= 4 is 0 Å². The minimum Gasteiger partial charge on any atom is -0.393 e. The Balaban J connectivity index is 2.16. The Labute approximate surface area is 123 Å². The van der Waals surface area contributed by atoms with Gasteiger partial charge in [0.25, 0.3) is 0 Å². The lowest BCUT2D eigenvalue weighted by Crippen LogP contribution is -2.11. The van der Waals surface area contributed by atoms with Crippen LogP contribution in [0.25, 0.3) is 0 Å². The first-order valence-corrected chi connectivity index (χ1v) is 7.58. The Hall–Kier alpha value is -1.12. The quantitative estimate of drug-likeness (QED) is 0.644. The summed E-state index contributed by atoms with van der Waals surface area (Å²) in [6.07, 6.45) is 3.29. The van der Waals surface area contributed by atoms with Crippen molar-refractivity contribution in [3.63, 3.8) is 0 Å². The smallest absolute Gasteiger partial charge is 0.0717 e. The molecule has 0 aliphatic heterocycles. The fourth-order valence-electron chi connectivity index (χ4n) is 2.36. The second-order valence-electron chi connectivity index (χ2n) is 5.71. The van der Waals surface area contributed by atoms with Crippen LogP contribution in [0.1, 0.15) is 45.1 Å². The molecule has 1 rings (SSSR count). The first-order valence-electron chi connectivity index (χ1n) is 7.58. The van der Waals surface area contributed by atoms with E-state index in [4.69, 9.17) is 4.74 Å². The molecule has 0 aliphatic carbocycles. The van der Waals surface area contributed by atoms with Crippen molar-refractivity contribution < 1.29 is 9.84 Å². The van der Waals surface area contributed by atoms with E-state index in [0.717, 1.165) is 37.9 Å². The molecule has 1 N–H and O–H groups in total. The first-order chi connectivity index (χ1) is 9.61. The molecule has 0 fully saturated rings. The van der Waals surface area contributed by atoms with Crippen LogP contribution in [0.4, 0.5) is 0 Å². The maximum Gasteiger partial charge on any atom is 0.0717 e. The summed E-state index contributed by atoms with van der Waals surface area (Å²) < 4.78 is 5.73. The van der Waals surface area contributed by atoms with Crippen molar-refractivity contribution in [2.75, 3.05) is 6.61 Å². The molecule has 0 spiro atoms. The van der Waals surface area contributed by atoms with Gasteiger partial charge in [-0.25, -0.2) is 0 Å². The molecule has 2 heteroatoms. The summed E-state index contributed by atoms with van der Waals surface area (Å²) in [5.41, 5.74) is 2.33. The van der Waals surface area contributed by atoms with Crippen molar-refractivity contribution in [1.29, 1.82) is 0 Å². The topological polar surface area (TPSA) is 29.5 Å². The maximum absolute atomic E-state index is 9.77. The van der Waals surface area contributed by atoms with E-state index in [2.05, 4.69) is 32.6 Å². The van der Waals surface area contributed by atoms with Crippen molar-refractivity contribution in [2.24, 2.45) is 5.92 Å². The Kier molecular flexibility index (Phi) is 8.24. The van der Waals surface area contributed by atoms with Gasteiger partial charge in [-0.05, 0) is 30.7 Å². The Bertz CT molecular complexity index is 372. The molecule has 1 unspecified atom stereocenters. The largest absolute Gasteiger partial charge is 0.393 e. The van der Waals surface area contributed by atoms with E-state index < -0.39 is 0 Å². The van der Waals surface area contributed by atoms with Gasteiger partial charge in [0.15, 0.2) is 0 Å². The van der Waals surface area contributed by atoms with Crippen molar-refractivity contribution in [1.82, 2.24) is 0 Å². The van der Waals surface area contributed by atoms with Gasteiger partial charge in [0, 0.05) is 6.61 Å². The predicted octanol–water partition coefficient (Wildman–Crippen LogP) is 4.34. The zero-order valence-electron chi connectivity index (χ0n) is 12.8. The van der Waals surface area contributed by atoms with E-state index in [9.17, 15) is 5.11 Å². The molecule has 0 bridgehead atoms. The average Bonchev–Trinajstić information content (AvgIpc) is 2.39. The van der Waals surface area contributed by atoms with Gasteiger partial charge in [-0.1, -0.05) is 62.8 Å². The number of hydrogen-bond donors (Lipinski definition) is 1. The average molecular weight is 276 g/mol. The summed E-state index contributed by atoms with van der Waals surface area (Å²) in [5, 5.41) is 9.77. The Morgan fingerprint density at radius 1 is 1.25 bits per heavy atom. The summed E-state index contributed by atoms with van der Waals surface area (Å²) in [5.74, 6) is 0.444. The zero-order chi connectivity index (χ0) is 14.8. The molecule has 2 nitrogen and oxygen atoms in total. The van der Waals surface area contributed by atoms with Gasteiger partial charge in [-0.3, -0.25) is 0 Å². The summed E-state index contributed by atoms with van der Waals surface area (Å²) in [7, 11) is 0. The van der Waals surface area contributed by atoms with Gasteiger partial charge >= 0.3 is 0 Å². The molecule has 0 aliphatic rings. The molecule has 0 saturated carbocycles. The van der Waals surface area contributed by atoms with Crippen LogP contribution in [0.2, 0.25) is 0 Å². The molecular weight excluding hydrogens is 248 g/mol. The summed E-state index contributed by atoms with van der Waals surface area (Å²) in [6.45, 7) is 9.72. The van der Waals surface area contributed by atoms with Crippen molar-refractivity contribution in [2.45, 2.75) is 52.2 Å². The molecule has 0 radical (unpaired) electrons. The van der Waals surface area contributed by atoms with Crippen LogP contribution < -0.4 is 0 Å². The van der Waals surface area contributed by atoms with Crippen LogP contribution in [-0.4, -0.2) is 17.8 Å². The van der Waals surface area contributed by atoms with Crippen LogP contribution in [-0.2, 0) is 11.3 Å². The lowest BCUT2D eigenvalue weighted by Gasteiger charge is -2.16. The monoisotopic (exact) mass is 276 g/mol. The first kappa shape index (κ1) is 16.9. The third kappa shape index (κ3) is 7.46. The minimum atomic E-state index is -0.232. The fourth-order valence-corrected chi connectivity index (χ4v) is 2.36. The van der Waals surface area contributed by atoms with Gasteiger partial charge in [0.05, 0.1) is 12.7 Å². The molecular formula is C18H28O2. The number of rotatable bonds is 10. The molecule has 0 amide bonds. The lowest BCUT2D eigenvalue weighted by molar-refractivity contribution is 0.0908. The molecule has 1 aromatic rings. The van der Waals surface area contributed by atoms with E-state index in [-0.39, 0.29) is 6.10 Å². The summed E-state index contributed by atoms with van der Waals surface area (Å²) in [4.78, 5) is 0. The molecule has 1 aromatic carbocycles. The van der Waals surface area contributed by atoms with Gasteiger partial charge in [-0.2, -0.15) is 0 Å². The van der Waals surface area contributed by atoms with Gasteiger partial charge in [0.2, 0.25) is 0 Å². The second-order valence-corrected chi connectivity index (χ2v) is 5.71. The standard InChI is InChI=1S/C18H28O2/c1-4-8-18(19)12-15(2)11-16(3)13-20-14-17-9-6-5-7-10-17/h5-7,9-10,16,18-19H,2,4,8,11-14H2,1,3H3/t16-,18?/m1/s1. The van der Waals surface area contributed by atoms with Crippen LogP contribution in [0.15, 0.2) is 42.5 Å². The van der Waals surface area contributed by atoms with Gasteiger partial charge in [0.1, 0.15) is 0 Å². The van der Waals surface area contributed by atoms with E-state index in [1.165, 1.54) is 5.56 Å². The fraction of sp³-hybridized carbons (Fsp3) is 0.556. The molecule has 2 atom stereocenters. The van der Waals surface area contributed by atoms with Crippen LogP contribution in [0.5, 0.6) is 0 Å². The van der Waals surface area contributed by atoms with E-state index in [0.29, 0.717) is 12.5 Å². The molecule has 20 heavy (non-hydrogen) atoms. The highest BCUT2D eigenvalue weighted by molar-refractivity contribution is 5.13. The normalized spacial score (nSPS) is 13.9. The highest BCUT2D eigenvalue weighted by Gasteiger charge is 2.09. The van der Waals surface area contributed by atoms with Crippen LogP contribution in [0.3, 0.4) is 0 Å². The number of ether oxygens (including phenoxy) is 1. The Morgan fingerprint density at radius 2 is 1.95 bits per heavy atom. The maximum atomic E-state index is 9.77. The summed E-state index contributed by atoms with van der Waals surface area (Å²) in [6, 6.07) is 10.2. The molecule has 0 saturated heterocycles. The van der Waals surface area contributed by atoms with E-state index >= 15 is 0 Å². The highest BCUT2D eigenvalue weighted by Crippen LogP contribution is 2.17. The molecule has 0 heterocycles. The lowest BCUT2D eigenvalue weighted by atomic mass is 9.97. The van der Waals surface area contributed by atoms with Crippen molar-refractivity contribution in [3.8, 4) is 0 Å². The van der Waals surface area contributed by atoms with E-state index in [1.807, 2.05) is 18.2 Å². The molecule has 112 valence electrons. The second kappa shape index (κ2) is 9.73. The SMILES string of the molecule is C=C(CC(O)CCC)C[C@@H](C)COCc1ccccc1. The Morgan fingerprint density at radius 3 is 2.60 bits per heavy atom. The number of aliphatic hydroxyl groups is 1. The number of benzene rings is 1. The van der Waals surface area contributed by atoms with Crippen LogP contribution in [0, 0.1) is 5.92 Å². The third-order valence-electron chi connectivity index (χ3n) is 3.30. The minimum absolute atomic E-state index is 0.232. The van der Waals surface area contributed by atoms with Gasteiger partial charge < -0.3 is 9.84 Å². The van der Waals surface area contributed by atoms with Crippen molar-refractivity contribution in [3.05, 3.63) is 48.0 Å². The molecule has 0 aromatic heterocycles. The van der Waals surface area contributed by atoms with Crippen LogP contribution >= 0.6 is 0 Å². The summed E-state index contributed by atoms with van der Waals surface area (Å²) >= 11 is 0. The zero-order valence-corrected chi connectivity index (χ0v) is 12.8. The third-order valence-corrected chi connectivity index (χ3v) is 3.30.